The zero-order chi connectivity index (χ0) is 18.6. The van der Waals surface area contributed by atoms with Crippen molar-refractivity contribution in [3.63, 3.8) is 0 Å². The van der Waals surface area contributed by atoms with Crippen molar-refractivity contribution in [2.24, 2.45) is 0 Å². The van der Waals surface area contributed by atoms with Gasteiger partial charge in [0.15, 0.2) is 22.8 Å². The molecule has 0 saturated carbocycles. The Morgan fingerprint density at radius 2 is 1.40 bits per heavy atom. The summed E-state index contributed by atoms with van der Waals surface area (Å²) in [6.45, 7) is 0. The van der Waals surface area contributed by atoms with Gasteiger partial charge in [0.05, 0.1) is 10.7 Å². The summed E-state index contributed by atoms with van der Waals surface area (Å²) in [5.74, 6) is -2.56. The molecule has 130 valence electrons. The molecule has 5 N–H and O–H groups in total. The first-order valence-electron chi connectivity index (χ1n) is 6.46. The van der Waals surface area contributed by atoms with E-state index in [-0.39, 0.29) is 44.5 Å². The van der Waals surface area contributed by atoms with Crippen LogP contribution in [0.25, 0.3) is 22.3 Å². The summed E-state index contributed by atoms with van der Waals surface area (Å²) in [5.41, 5.74) is -0.814. The van der Waals surface area contributed by atoms with Crippen molar-refractivity contribution >= 4 is 78.7 Å². The Morgan fingerprint density at radius 3 is 2.04 bits per heavy atom. The molecule has 1 heterocycles. The molecule has 0 aliphatic rings. The summed E-state index contributed by atoms with van der Waals surface area (Å²) in [6, 6.07) is 2.55. The molecule has 0 aliphatic carbocycles. The molecule has 0 spiro atoms. The summed E-state index contributed by atoms with van der Waals surface area (Å²) in [6.07, 6.45) is 0. The molecule has 1 aromatic heterocycles. The van der Waals surface area contributed by atoms with Crippen molar-refractivity contribution in [1.82, 2.24) is 0 Å². The lowest BCUT2D eigenvalue weighted by atomic mass is 10.1. The lowest BCUT2D eigenvalue weighted by Gasteiger charge is -2.12. The summed E-state index contributed by atoms with van der Waals surface area (Å²) >= 11 is 5.16. The Hall–Kier alpha value is -1.16. The van der Waals surface area contributed by atoms with Crippen LogP contribution in [0.5, 0.6) is 28.7 Å². The maximum Gasteiger partial charge on any atom is 0.238 e. The van der Waals surface area contributed by atoms with Crippen LogP contribution >= 0.6 is 67.8 Å². The molecule has 3 aromatic rings. The smallest absolute Gasteiger partial charge is 0.238 e. The highest BCUT2D eigenvalue weighted by Crippen LogP contribution is 2.44. The fourth-order valence-corrected chi connectivity index (χ4v) is 4.64. The Kier molecular flexibility index (Phi) is 4.87. The fraction of sp³-hybridized carbons (Fsp3) is 0. The highest BCUT2D eigenvalue weighted by atomic mass is 127. The first-order valence-corrected chi connectivity index (χ1v) is 9.69. The third-order valence-corrected chi connectivity index (χ3v) is 6.60. The molecule has 2 aromatic carbocycles. The van der Waals surface area contributed by atoms with Gasteiger partial charge in [-0.2, -0.15) is 0 Å². The number of hydrogen-bond donors (Lipinski definition) is 5. The molecule has 0 amide bonds. The summed E-state index contributed by atoms with van der Waals surface area (Å²) < 4.78 is 6.01. The predicted molar refractivity (Wildman–Crippen MR) is 114 cm³/mol. The van der Waals surface area contributed by atoms with Crippen LogP contribution in [-0.2, 0) is 0 Å². The van der Waals surface area contributed by atoms with E-state index in [9.17, 15) is 30.3 Å². The van der Waals surface area contributed by atoms with E-state index in [1.165, 1.54) is 12.1 Å². The van der Waals surface area contributed by atoms with E-state index in [1.807, 2.05) is 0 Å². The van der Waals surface area contributed by atoms with Gasteiger partial charge in [0.1, 0.15) is 16.9 Å². The average molecular weight is 680 g/mol. The maximum absolute atomic E-state index is 12.5. The minimum absolute atomic E-state index is 0.0609. The molecule has 0 unspecified atom stereocenters. The maximum atomic E-state index is 12.5. The van der Waals surface area contributed by atoms with E-state index in [1.54, 1.807) is 67.8 Å². The molecule has 10 heteroatoms. The quantitative estimate of drug-likeness (QED) is 0.195. The number of aromatic hydroxyl groups is 5. The van der Waals surface area contributed by atoms with Crippen molar-refractivity contribution in [2.75, 3.05) is 0 Å². The number of fused-ring (bicyclic) bond motifs is 1. The second-order valence-electron chi connectivity index (χ2n) is 4.93. The van der Waals surface area contributed by atoms with E-state index in [0.29, 0.717) is 0 Å². The molecule has 0 saturated heterocycles. The number of phenolic OH excluding ortho intramolecular Hbond substituents is 4. The molecule has 3 rings (SSSR count). The van der Waals surface area contributed by atoms with Gasteiger partial charge in [-0.1, -0.05) is 0 Å². The molecule has 7 nitrogen and oxygen atoms in total. The standard InChI is InChI=1S/C15H7I3O7/c16-6-3(1-2-4(19)9(6)20)14-13(24)11(22)5-10(21)7(17)12(23)8(18)15(5)25-14/h1-2,19-21,23-24H. The highest BCUT2D eigenvalue weighted by Gasteiger charge is 2.26. The third kappa shape index (κ3) is 2.77. The van der Waals surface area contributed by atoms with Crippen LogP contribution in [0.4, 0.5) is 0 Å². The normalized spacial score (nSPS) is 11.2. The molecule has 0 atom stereocenters. The SMILES string of the molecule is O=c1c(O)c(-c2ccc(O)c(O)c2I)oc2c(I)c(O)c(I)c(O)c12. The third-order valence-electron chi connectivity index (χ3n) is 3.49. The van der Waals surface area contributed by atoms with Gasteiger partial charge in [0, 0.05) is 5.56 Å². The Balaban J connectivity index is 2.50. The van der Waals surface area contributed by atoms with Crippen LogP contribution in [0.15, 0.2) is 21.3 Å². The number of benzene rings is 2. The zero-order valence-corrected chi connectivity index (χ0v) is 18.3. The lowest BCUT2D eigenvalue weighted by molar-refractivity contribution is 0.401. The summed E-state index contributed by atoms with van der Waals surface area (Å²) in [5, 5.41) is 49.6. The Labute approximate surface area is 180 Å². The van der Waals surface area contributed by atoms with Crippen molar-refractivity contribution < 1.29 is 29.9 Å². The van der Waals surface area contributed by atoms with Gasteiger partial charge >= 0.3 is 0 Å². The molecule has 0 bridgehead atoms. The second kappa shape index (κ2) is 6.53. The fourth-order valence-electron chi connectivity index (χ4n) is 2.23. The first kappa shape index (κ1) is 18.6. The van der Waals surface area contributed by atoms with Crippen LogP contribution < -0.4 is 5.43 Å². The van der Waals surface area contributed by atoms with E-state index < -0.39 is 22.7 Å². The van der Waals surface area contributed by atoms with Crippen molar-refractivity contribution in [3.8, 4) is 40.1 Å². The number of hydrogen-bond acceptors (Lipinski definition) is 7. The van der Waals surface area contributed by atoms with Gasteiger partial charge in [0.2, 0.25) is 11.2 Å². The van der Waals surface area contributed by atoms with E-state index >= 15 is 0 Å². The number of phenols is 4. The van der Waals surface area contributed by atoms with Crippen molar-refractivity contribution in [1.29, 1.82) is 0 Å². The second-order valence-corrected chi connectivity index (χ2v) is 8.17. The monoisotopic (exact) mass is 680 g/mol. The lowest BCUT2D eigenvalue weighted by Crippen LogP contribution is -2.05. The predicted octanol–water partition coefficient (Wildman–Crippen LogP) is 3.80. The zero-order valence-electron chi connectivity index (χ0n) is 11.8. The number of halogens is 3. The van der Waals surface area contributed by atoms with Gasteiger partial charge in [-0.25, -0.2) is 0 Å². The van der Waals surface area contributed by atoms with Gasteiger partial charge in [-0.15, -0.1) is 0 Å². The molecule has 25 heavy (non-hydrogen) atoms. The van der Waals surface area contributed by atoms with Crippen LogP contribution in [0, 0.1) is 10.7 Å². The topological polar surface area (TPSA) is 131 Å². The van der Waals surface area contributed by atoms with Crippen LogP contribution in [0.3, 0.4) is 0 Å². The van der Waals surface area contributed by atoms with E-state index in [2.05, 4.69) is 0 Å². The summed E-state index contributed by atoms with van der Waals surface area (Å²) in [4.78, 5) is 12.5. The highest BCUT2D eigenvalue weighted by molar-refractivity contribution is 14.1. The van der Waals surface area contributed by atoms with E-state index in [0.717, 1.165) is 0 Å². The van der Waals surface area contributed by atoms with Gasteiger partial charge in [-0.3, -0.25) is 4.79 Å². The number of rotatable bonds is 1. The summed E-state index contributed by atoms with van der Waals surface area (Å²) in [7, 11) is 0. The van der Waals surface area contributed by atoms with Gasteiger partial charge < -0.3 is 29.9 Å². The van der Waals surface area contributed by atoms with Crippen LogP contribution in [0.1, 0.15) is 0 Å². The minimum Gasteiger partial charge on any atom is -0.506 e. The molecule has 0 aliphatic heterocycles. The van der Waals surface area contributed by atoms with Crippen molar-refractivity contribution in [2.45, 2.75) is 0 Å². The van der Waals surface area contributed by atoms with E-state index in [4.69, 9.17) is 4.42 Å². The van der Waals surface area contributed by atoms with Crippen molar-refractivity contribution in [3.05, 3.63) is 33.1 Å². The Morgan fingerprint density at radius 1 is 0.760 bits per heavy atom. The molecule has 0 fully saturated rings. The minimum atomic E-state index is -0.882. The average Bonchev–Trinajstić information content (AvgIpc) is 2.59. The largest absolute Gasteiger partial charge is 0.506 e. The first-order chi connectivity index (χ1) is 11.7. The van der Waals surface area contributed by atoms with Gasteiger partial charge in [-0.05, 0) is 79.9 Å². The van der Waals surface area contributed by atoms with Gasteiger partial charge in [0.25, 0.3) is 0 Å². The van der Waals surface area contributed by atoms with Crippen LogP contribution in [-0.4, -0.2) is 25.5 Å². The molecular weight excluding hydrogens is 673 g/mol. The molecule has 0 radical (unpaired) electrons. The Bertz CT molecular complexity index is 1110. The molecular formula is C15H7I3O7. The van der Waals surface area contributed by atoms with Crippen LogP contribution in [0.2, 0.25) is 0 Å².